The summed E-state index contributed by atoms with van der Waals surface area (Å²) in [4.78, 5) is 2.04. The predicted molar refractivity (Wildman–Crippen MR) is 65.2 cm³/mol. The molecule has 0 aliphatic carbocycles. The first-order chi connectivity index (χ1) is 8.72. The van der Waals surface area contributed by atoms with Gasteiger partial charge in [-0.2, -0.15) is 0 Å². The van der Waals surface area contributed by atoms with Gasteiger partial charge in [-0.25, -0.2) is 8.78 Å². The SMILES string of the molecule is OCC(c1ccc(F)cc1F)N1CCCNCC1. The van der Waals surface area contributed by atoms with Gasteiger partial charge in [-0.05, 0) is 19.0 Å². The van der Waals surface area contributed by atoms with E-state index < -0.39 is 17.7 Å². The Morgan fingerprint density at radius 1 is 1.28 bits per heavy atom. The van der Waals surface area contributed by atoms with E-state index >= 15 is 0 Å². The first-order valence-corrected chi connectivity index (χ1v) is 6.23. The molecule has 2 rings (SSSR count). The molecule has 0 spiro atoms. The first kappa shape index (κ1) is 13.4. The van der Waals surface area contributed by atoms with Gasteiger partial charge in [-0.1, -0.05) is 6.07 Å². The zero-order valence-electron chi connectivity index (χ0n) is 10.2. The van der Waals surface area contributed by atoms with Gasteiger partial charge in [0, 0.05) is 31.3 Å². The largest absolute Gasteiger partial charge is 0.394 e. The topological polar surface area (TPSA) is 35.5 Å². The van der Waals surface area contributed by atoms with E-state index in [1.54, 1.807) is 0 Å². The van der Waals surface area contributed by atoms with Gasteiger partial charge in [-0.15, -0.1) is 0 Å². The minimum atomic E-state index is -0.592. The summed E-state index contributed by atoms with van der Waals surface area (Å²) in [6.45, 7) is 3.14. The molecule has 1 heterocycles. The van der Waals surface area contributed by atoms with Gasteiger partial charge in [0.2, 0.25) is 0 Å². The number of hydrogen-bond acceptors (Lipinski definition) is 3. The van der Waals surface area contributed by atoms with Gasteiger partial charge in [-0.3, -0.25) is 4.90 Å². The third kappa shape index (κ3) is 3.04. The average molecular weight is 256 g/mol. The van der Waals surface area contributed by atoms with Crippen LogP contribution in [0.4, 0.5) is 8.78 Å². The molecule has 0 aromatic heterocycles. The molecule has 1 aliphatic rings. The maximum Gasteiger partial charge on any atom is 0.130 e. The fourth-order valence-electron chi connectivity index (χ4n) is 2.36. The second kappa shape index (κ2) is 6.22. The van der Waals surface area contributed by atoms with Crippen molar-refractivity contribution < 1.29 is 13.9 Å². The number of nitrogens with zero attached hydrogens (tertiary/aromatic N) is 1. The van der Waals surface area contributed by atoms with E-state index in [-0.39, 0.29) is 6.61 Å². The molecular weight excluding hydrogens is 238 g/mol. The molecule has 1 aliphatic heterocycles. The van der Waals surface area contributed by atoms with Gasteiger partial charge in [0.15, 0.2) is 0 Å². The van der Waals surface area contributed by atoms with E-state index in [4.69, 9.17) is 0 Å². The van der Waals surface area contributed by atoms with Crippen LogP contribution in [0.25, 0.3) is 0 Å². The molecule has 1 unspecified atom stereocenters. The molecule has 1 aromatic rings. The van der Waals surface area contributed by atoms with Gasteiger partial charge in [0.05, 0.1) is 12.6 Å². The highest BCUT2D eigenvalue weighted by atomic mass is 19.1. The molecule has 3 nitrogen and oxygen atoms in total. The Morgan fingerprint density at radius 3 is 2.83 bits per heavy atom. The Morgan fingerprint density at radius 2 is 2.11 bits per heavy atom. The van der Waals surface area contributed by atoms with Gasteiger partial charge < -0.3 is 10.4 Å². The van der Waals surface area contributed by atoms with Gasteiger partial charge >= 0.3 is 0 Å². The molecular formula is C13H18F2N2O. The second-order valence-corrected chi connectivity index (χ2v) is 4.50. The van der Waals surface area contributed by atoms with Crippen LogP contribution in [0.1, 0.15) is 18.0 Å². The molecule has 18 heavy (non-hydrogen) atoms. The molecule has 0 amide bonds. The highest BCUT2D eigenvalue weighted by molar-refractivity contribution is 5.22. The zero-order valence-corrected chi connectivity index (χ0v) is 10.2. The van der Waals surface area contributed by atoms with Crippen molar-refractivity contribution in [1.82, 2.24) is 10.2 Å². The van der Waals surface area contributed by atoms with E-state index in [1.807, 2.05) is 4.90 Å². The molecule has 5 heteroatoms. The van der Waals surface area contributed by atoms with Crippen LogP contribution < -0.4 is 5.32 Å². The average Bonchev–Trinajstić information content (AvgIpc) is 2.62. The third-order valence-electron chi connectivity index (χ3n) is 3.31. The summed E-state index contributed by atoms with van der Waals surface area (Å²) >= 11 is 0. The number of benzene rings is 1. The van der Waals surface area contributed by atoms with Crippen LogP contribution in [0.3, 0.4) is 0 Å². The molecule has 1 atom stereocenters. The normalized spacial score (nSPS) is 19.5. The standard InChI is InChI=1S/C13H18F2N2O/c14-10-2-3-11(12(15)8-10)13(9-18)17-6-1-4-16-5-7-17/h2-3,8,13,16,18H,1,4-7,9H2. The molecule has 1 fully saturated rings. The lowest BCUT2D eigenvalue weighted by Gasteiger charge is -2.29. The minimum absolute atomic E-state index is 0.164. The Labute approximate surface area is 105 Å². The van der Waals surface area contributed by atoms with Crippen molar-refractivity contribution in [2.45, 2.75) is 12.5 Å². The van der Waals surface area contributed by atoms with Gasteiger partial charge in [0.1, 0.15) is 11.6 Å². The number of aliphatic hydroxyl groups excluding tert-OH is 1. The Bertz CT molecular complexity index is 393. The van der Waals surface area contributed by atoms with Gasteiger partial charge in [0.25, 0.3) is 0 Å². The van der Waals surface area contributed by atoms with E-state index in [0.717, 1.165) is 38.7 Å². The summed E-state index contributed by atoms with van der Waals surface area (Å²) < 4.78 is 26.6. The summed E-state index contributed by atoms with van der Waals surface area (Å²) in [6, 6.07) is 3.13. The maximum absolute atomic E-state index is 13.8. The Hall–Kier alpha value is -1.04. The van der Waals surface area contributed by atoms with Crippen molar-refractivity contribution >= 4 is 0 Å². The van der Waals surface area contributed by atoms with Crippen molar-refractivity contribution in [3.8, 4) is 0 Å². The Kier molecular flexibility index (Phi) is 4.63. The van der Waals surface area contributed by atoms with Crippen molar-refractivity contribution in [3.05, 3.63) is 35.4 Å². The van der Waals surface area contributed by atoms with Crippen LogP contribution in [-0.4, -0.2) is 42.8 Å². The molecule has 0 bridgehead atoms. The summed E-state index contributed by atoms with van der Waals surface area (Å²) in [5.41, 5.74) is 0.362. The summed E-state index contributed by atoms with van der Waals surface area (Å²) in [5.74, 6) is -1.18. The van der Waals surface area contributed by atoms with Crippen LogP contribution in [0.15, 0.2) is 18.2 Å². The monoisotopic (exact) mass is 256 g/mol. The molecule has 0 saturated carbocycles. The van der Waals surface area contributed by atoms with Crippen molar-refractivity contribution in [1.29, 1.82) is 0 Å². The number of aliphatic hydroxyl groups is 1. The van der Waals surface area contributed by atoms with Crippen LogP contribution in [0.2, 0.25) is 0 Å². The quantitative estimate of drug-likeness (QED) is 0.855. The minimum Gasteiger partial charge on any atom is -0.394 e. The van der Waals surface area contributed by atoms with Crippen molar-refractivity contribution in [2.75, 3.05) is 32.8 Å². The van der Waals surface area contributed by atoms with Crippen LogP contribution >= 0.6 is 0 Å². The lowest BCUT2D eigenvalue weighted by molar-refractivity contribution is 0.127. The van der Waals surface area contributed by atoms with Crippen LogP contribution in [0.5, 0.6) is 0 Å². The molecule has 1 aromatic carbocycles. The number of hydrogen-bond donors (Lipinski definition) is 2. The molecule has 0 radical (unpaired) electrons. The maximum atomic E-state index is 13.8. The molecule has 1 saturated heterocycles. The van der Waals surface area contributed by atoms with Crippen LogP contribution in [0, 0.1) is 11.6 Å². The van der Waals surface area contributed by atoms with E-state index in [2.05, 4.69) is 5.32 Å². The fourth-order valence-corrected chi connectivity index (χ4v) is 2.36. The van der Waals surface area contributed by atoms with Crippen LogP contribution in [-0.2, 0) is 0 Å². The second-order valence-electron chi connectivity index (χ2n) is 4.50. The lowest BCUT2D eigenvalue weighted by Crippen LogP contribution is -2.34. The molecule has 100 valence electrons. The highest BCUT2D eigenvalue weighted by Gasteiger charge is 2.23. The smallest absolute Gasteiger partial charge is 0.130 e. The summed E-state index contributed by atoms with van der Waals surface area (Å²) in [5, 5.41) is 12.7. The fraction of sp³-hybridized carbons (Fsp3) is 0.538. The van der Waals surface area contributed by atoms with E-state index in [1.165, 1.54) is 12.1 Å². The summed E-state index contributed by atoms with van der Waals surface area (Å²) in [6.07, 6.45) is 0.958. The van der Waals surface area contributed by atoms with Crippen molar-refractivity contribution in [3.63, 3.8) is 0 Å². The highest BCUT2D eigenvalue weighted by Crippen LogP contribution is 2.24. The predicted octanol–water partition coefficient (Wildman–Crippen LogP) is 1.29. The van der Waals surface area contributed by atoms with Crippen molar-refractivity contribution in [2.24, 2.45) is 0 Å². The summed E-state index contributed by atoms with van der Waals surface area (Å²) in [7, 11) is 0. The third-order valence-corrected chi connectivity index (χ3v) is 3.31. The zero-order chi connectivity index (χ0) is 13.0. The lowest BCUT2D eigenvalue weighted by atomic mass is 10.0. The van der Waals surface area contributed by atoms with E-state index in [0.29, 0.717) is 5.56 Å². The number of halogens is 2. The number of nitrogens with one attached hydrogen (secondary N) is 1. The molecule has 2 N–H and O–H groups in total. The Balaban J connectivity index is 2.20. The number of rotatable bonds is 3. The van der Waals surface area contributed by atoms with E-state index in [9.17, 15) is 13.9 Å². The first-order valence-electron chi connectivity index (χ1n) is 6.23.